The lowest BCUT2D eigenvalue weighted by Crippen LogP contribution is -2.04. The van der Waals surface area contributed by atoms with Gasteiger partial charge in [0.2, 0.25) is 5.65 Å². The summed E-state index contributed by atoms with van der Waals surface area (Å²) in [5.74, 6) is 0.534. The van der Waals surface area contributed by atoms with Gasteiger partial charge in [0.15, 0.2) is 17.2 Å². The highest BCUT2D eigenvalue weighted by molar-refractivity contribution is 5.70. The first-order valence-corrected chi connectivity index (χ1v) is 9.37. The highest BCUT2D eigenvalue weighted by Gasteiger charge is 2.12. The van der Waals surface area contributed by atoms with E-state index in [0.29, 0.717) is 34.9 Å². The van der Waals surface area contributed by atoms with Crippen LogP contribution in [-0.4, -0.2) is 40.0 Å². The third kappa shape index (κ3) is 3.65. The molecule has 0 aliphatic carbocycles. The van der Waals surface area contributed by atoms with E-state index in [0.717, 1.165) is 16.7 Å². The number of hydrogen-bond acceptors (Lipinski definition) is 8. The molecule has 5 rings (SSSR count). The summed E-state index contributed by atoms with van der Waals surface area (Å²) in [5.41, 5.74) is 4.76. The fraction of sp³-hybridized carbons (Fsp3) is 0.0455. The van der Waals surface area contributed by atoms with Crippen LogP contribution in [0.25, 0.3) is 33.9 Å². The van der Waals surface area contributed by atoms with Crippen LogP contribution in [0.1, 0.15) is 11.1 Å². The Hall–Kier alpha value is -4.71. The Bertz CT molecular complexity index is 1440. The largest absolute Gasteiger partial charge is 0.505 e. The van der Waals surface area contributed by atoms with Crippen molar-refractivity contribution in [2.24, 2.45) is 0 Å². The third-order valence-electron chi connectivity index (χ3n) is 4.67. The number of nitrogens with zero attached hydrogens (tertiary/aromatic N) is 8. The molecule has 0 saturated heterocycles. The van der Waals surface area contributed by atoms with E-state index < -0.39 is 0 Å². The van der Waals surface area contributed by atoms with Gasteiger partial charge in [0.05, 0.1) is 42.5 Å². The molecule has 0 radical (unpaired) electrons. The summed E-state index contributed by atoms with van der Waals surface area (Å²) in [7, 11) is 0. The smallest absolute Gasteiger partial charge is 0.221 e. The molecule has 0 atom stereocenters. The molecule has 0 saturated carbocycles. The number of benzene rings is 2. The van der Waals surface area contributed by atoms with Crippen molar-refractivity contribution in [2.45, 2.75) is 6.54 Å². The number of aromatic nitrogens is 7. The van der Waals surface area contributed by atoms with Crippen LogP contribution in [0.5, 0.6) is 5.75 Å². The highest BCUT2D eigenvalue weighted by atomic mass is 16.3. The Morgan fingerprint density at radius 2 is 1.74 bits per heavy atom. The summed E-state index contributed by atoms with van der Waals surface area (Å²) < 4.78 is 1.68. The lowest BCUT2D eigenvalue weighted by Gasteiger charge is -2.06. The van der Waals surface area contributed by atoms with E-state index in [9.17, 15) is 5.11 Å². The molecule has 0 spiro atoms. The van der Waals surface area contributed by atoms with Gasteiger partial charge in [-0.05, 0) is 23.8 Å². The quantitative estimate of drug-likeness (QED) is 0.483. The van der Waals surface area contributed by atoms with Crippen LogP contribution in [0.3, 0.4) is 0 Å². The molecular weight excluding hydrogens is 392 g/mol. The lowest BCUT2D eigenvalue weighted by atomic mass is 10.1. The van der Waals surface area contributed by atoms with Crippen molar-refractivity contribution >= 4 is 11.3 Å². The molecule has 0 aliphatic heterocycles. The van der Waals surface area contributed by atoms with Gasteiger partial charge >= 0.3 is 0 Å². The fourth-order valence-electron chi connectivity index (χ4n) is 3.20. The lowest BCUT2D eigenvalue weighted by molar-refractivity contribution is 0.470. The van der Waals surface area contributed by atoms with Crippen LogP contribution in [0, 0.1) is 11.3 Å². The molecular formula is C22H14N8O. The zero-order valence-electron chi connectivity index (χ0n) is 16.1. The summed E-state index contributed by atoms with van der Waals surface area (Å²) in [5, 5.41) is 26.8. The van der Waals surface area contributed by atoms with Crippen LogP contribution in [-0.2, 0) is 6.54 Å². The average molecular weight is 406 g/mol. The number of aromatic hydroxyl groups is 1. The van der Waals surface area contributed by atoms with Crippen LogP contribution in [0.15, 0.2) is 67.1 Å². The Kier molecular flexibility index (Phi) is 4.50. The number of hydrogen-bond donors (Lipinski definition) is 1. The van der Waals surface area contributed by atoms with E-state index in [4.69, 9.17) is 5.26 Å². The molecule has 5 aromatic rings. The van der Waals surface area contributed by atoms with Gasteiger partial charge in [-0.1, -0.05) is 35.5 Å². The van der Waals surface area contributed by atoms with E-state index in [1.165, 1.54) is 12.4 Å². The van der Waals surface area contributed by atoms with Crippen LogP contribution < -0.4 is 0 Å². The van der Waals surface area contributed by atoms with Gasteiger partial charge in [-0.15, -0.1) is 5.10 Å². The minimum Gasteiger partial charge on any atom is -0.505 e. The maximum atomic E-state index is 9.39. The Balaban J connectivity index is 1.49. The molecule has 0 bridgehead atoms. The van der Waals surface area contributed by atoms with E-state index in [2.05, 4.69) is 36.3 Å². The molecule has 3 aromatic heterocycles. The van der Waals surface area contributed by atoms with Gasteiger partial charge < -0.3 is 5.11 Å². The number of fused-ring (bicyclic) bond motifs is 1. The minimum absolute atomic E-state index is 0.0173. The molecule has 0 fully saturated rings. The van der Waals surface area contributed by atoms with Crippen LogP contribution >= 0.6 is 0 Å². The van der Waals surface area contributed by atoms with Gasteiger partial charge in [0, 0.05) is 11.1 Å². The average Bonchev–Trinajstić information content (AvgIpc) is 3.21. The molecule has 2 aromatic carbocycles. The van der Waals surface area contributed by atoms with E-state index in [1.807, 2.05) is 36.4 Å². The molecule has 3 heterocycles. The van der Waals surface area contributed by atoms with E-state index in [-0.39, 0.29) is 5.75 Å². The first-order valence-electron chi connectivity index (χ1n) is 9.37. The van der Waals surface area contributed by atoms with Crippen molar-refractivity contribution in [3.8, 4) is 34.5 Å². The Labute approximate surface area is 176 Å². The Morgan fingerprint density at radius 1 is 0.935 bits per heavy atom. The maximum absolute atomic E-state index is 9.39. The first kappa shape index (κ1) is 18.3. The normalized spacial score (nSPS) is 10.8. The van der Waals surface area contributed by atoms with Gasteiger partial charge in [-0.2, -0.15) is 5.26 Å². The molecule has 9 nitrogen and oxygen atoms in total. The predicted molar refractivity (Wildman–Crippen MR) is 112 cm³/mol. The molecule has 0 unspecified atom stereocenters. The van der Waals surface area contributed by atoms with Crippen LogP contribution in [0.4, 0.5) is 0 Å². The van der Waals surface area contributed by atoms with Crippen molar-refractivity contribution in [2.75, 3.05) is 0 Å². The van der Waals surface area contributed by atoms with Gasteiger partial charge in [0.25, 0.3) is 0 Å². The van der Waals surface area contributed by atoms with Crippen molar-refractivity contribution in [3.63, 3.8) is 0 Å². The summed E-state index contributed by atoms with van der Waals surface area (Å²) in [6, 6.07) is 17.1. The van der Waals surface area contributed by atoms with Crippen molar-refractivity contribution in [1.82, 2.24) is 34.9 Å². The number of nitriles is 1. The predicted octanol–water partition coefficient (Wildman–Crippen LogP) is 2.97. The maximum Gasteiger partial charge on any atom is 0.221 e. The third-order valence-corrected chi connectivity index (χ3v) is 4.67. The van der Waals surface area contributed by atoms with Gasteiger partial charge in [-0.25, -0.2) is 24.6 Å². The summed E-state index contributed by atoms with van der Waals surface area (Å²) in [6.07, 6.45) is 4.34. The highest BCUT2D eigenvalue weighted by Crippen LogP contribution is 2.21. The molecule has 0 aliphatic rings. The summed E-state index contributed by atoms with van der Waals surface area (Å²) >= 11 is 0. The molecule has 1 N–H and O–H groups in total. The van der Waals surface area contributed by atoms with Gasteiger partial charge in [-0.3, -0.25) is 0 Å². The van der Waals surface area contributed by atoms with Crippen molar-refractivity contribution in [1.29, 1.82) is 5.26 Å². The van der Waals surface area contributed by atoms with Crippen molar-refractivity contribution < 1.29 is 5.11 Å². The monoisotopic (exact) mass is 406 g/mol. The second-order valence-electron chi connectivity index (χ2n) is 6.81. The molecule has 9 heteroatoms. The first-order chi connectivity index (χ1) is 15.2. The summed E-state index contributed by atoms with van der Waals surface area (Å²) in [4.78, 5) is 17.4. The second-order valence-corrected chi connectivity index (χ2v) is 6.81. The standard InChI is InChI=1S/C22H14N8O/c23-9-14-3-1-5-16(7-14)19-12-26-21-22(27-19)30(29-28-21)13-15-4-2-6-17(8-15)20-24-10-18(31)11-25-20/h1-8,10-12,31H,13H2. The van der Waals surface area contributed by atoms with Crippen molar-refractivity contribution in [3.05, 3.63) is 78.2 Å². The molecule has 31 heavy (non-hydrogen) atoms. The minimum atomic E-state index is 0.0173. The zero-order chi connectivity index (χ0) is 21.2. The molecule has 0 amide bonds. The van der Waals surface area contributed by atoms with Gasteiger partial charge in [0.1, 0.15) is 0 Å². The summed E-state index contributed by atoms with van der Waals surface area (Å²) in [6.45, 7) is 0.429. The topological polar surface area (TPSA) is 126 Å². The fourth-order valence-corrected chi connectivity index (χ4v) is 3.20. The second kappa shape index (κ2) is 7.61. The zero-order valence-corrected chi connectivity index (χ0v) is 16.1. The van der Waals surface area contributed by atoms with Crippen LogP contribution in [0.2, 0.25) is 0 Å². The Morgan fingerprint density at radius 3 is 2.58 bits per heavy atom. The number of rotatable bonds is 4. The van der Waals surface area contributed by atoms with E-state index >= 15 is 0 Å². The molecule has 148 valence electrons. The van der Waals surface area contributed by atoms with E-state index in [1.54, 1.807) is 23.0 Å². The SMILES string of the molecule is N#Cc1cccc(-c2cnc3nnn(Cc4cccc(-c5ncc(O)cn5)c4)c3n2)c1.